The summed E-state index contributed by atoms with van der Waals surface area (Å²) in [6.07, 6.45) is 9.83. The minimum atomic E-state index is -0.536. The molecule has 1 unspecified atom stereocenters. The molecule has 0 aromatic rings. The standard InChI is InChI=1S/C16H28N2O/c1-16(2,19)12-13-5-4-9-18(10-8-13)15-7-3-6-14(17)11-15/h11,13,17,19H,3-10,12H2,1-2H3. The summed E-state index contributed by atoms with van der Waals surface area (Å²) in [6.45, 7) is 6.06. The molecule has 2 rings (SSSR count). The van der Waals surface area contributed by atoms with Crippen LogP contribution >= 0.6 is 0 Å². The molecule has 19 heavy (non-hydrogen) atoms. The van der Waals surface area contributed by atoms with E-state index < -0.39 is 5.60 Å². The van der Waals surface area contributed by atoms with Crippen LogP contribution in [0, 0.1) is 11.3 Å². The number of hydrogen-bond acceptors (Lipinski definition) is 3. The van der Waals surface area contributed by atoms with E-state index in [4.69, 9.17) is 5.41 Å². The Morgan fingerprint density at radius 1 is 1.26 bits per heavy atom. The first-order valence-electron chi connectivity index (χ1n) is 7.69. The van der Waals surface area contributed by atoms with Gasteiger partial charge in [0.15, 0.2) is 0 Å². The monoisotopic (exact) mass is 264 g/mol. The Labute approximate surface area is 117 Å². The summed E-state index contributed by atoms with van der Waals surface area (Å²) in [6, 6.07) is 0. The van der Waals surface area contributed by atoms with Crippen molar-refractivity contribution < 1.29 is 5.11 Å². The van der Waals surface area contributed by atoms with Gasteiger partial charge in [-0.2, -0.15) is 0 Å². The predicted octanol–water partition coefficient (Wildman–Crippen LogP) is 3.34. The van der Waals surface area contributed by atoms with Crippen LogP contribution in [0.2, 0.25) is 0 Å². The molecule has 0 amide bonds. The molecule has 0 aromatic carbocycles. The van der Waals surface area contributed by atoms with Crippen molar-refractivity contribution in [2.24, 2.45) is 5.92 Å². The first kappa shape index (κ1) is 14.6. The molecule has 1 aliphatic carbocycles. The van der Waals surface area contributed by atoms with E-state index in [-0.39, 0.29) is 0 Å². The third-order valence-electron chi connectivity index (χ3n) is 4.26. The van der Waals surface area contributed by atoms with Crippen LogP contribution < -0.4 is 0 Å². The fraction of sp³-hybridized carbons (Fsp3) is 0.812. The molecule has 0 spiro atoms. The lowest BCUT2D eigenvalue weighted by molar-refractivity contribution is 0.0501. The summed E-state index contributed by atoms with van der Waals surface area (Å²) in [5.41, 5.74) is 1.63. The highest BCUT2D eigenvalue weighted by molar-refractivity contribution is 5.93. The van der Waals surface area contributed by atoms with E-state index in [9.17, 15) is 5.11 Å². The Kier molecular flexibility index (Phi) is 4.67. The van der Waals surface area contributed by atoms with Gasteiger partial charge in [0.25, 0.3) is 0 Å². The molecule has 1 fully saturated rings. The largest absolute Gasteiger partial charge is 0.390 e. The second-order valence-corrected chi connectivity index (χ2v) is 6.82. The van der Waals surface area contributed by atoms with Gasteiger partial charge in [-0.1, -0.05) is 0 Å². The maximum Gasteiger partial charge on any atom is 0.0594 e. The smallest absolute Gasteiger partial charge is 0.0594 e. The Bertz CT molecular complexity index is 354. The molecule has 0 saturated carbocycles. The molecule has 0 bridgehead atoms. The number of aliphatic hydroxyl groups is 1. The van der Waals surface area contributed by atoms with Crippen LogP contribution in [0.15, 0.2) is 11.8 Å². The van der Waals surface area contributed by atoms with Crippen LogP contribution in [0.5, 0.6) is 0 Å². The zero-order valence-electron chi connectivity index (χ0n) is 12.4. The number of nitrogens with one attached hydrogen (secondary N) is 1. The van der Waals surface area contributed by atoms with E-state index in [0.29, 0.717) is 5.92 Å². The van der Waals surface area contributed by atoms with Crippen molar-refractivity contribution in [3.05, 3.63) is 11.8 Å². The van der Waals surface area contributed by atoms with Crippen molar-refractivity contribution >= 4 is 5.71 Å². The van der Waals surface area contributed by atoms with Gasteiger partial charge >= 0.3 is 0 Å². The summed E-state index contributed by atoms with van der Waals surface area (Å²) in [4.78, 5) is 2.48. The molecule has 1 aliphatic heterocycles. The first-order chi connectivity index (χ1) is 8.94. The van der Waals surface area contributed by atoms with Crippen molar-refractivity contribution in [2.75, 3.05) is 13.1 Å². The Balaban J connectivity index is 1.91. The minimum absolute atomic E-state index is 0.536. The number of likely N-dealkylation sites (tertiary alicyclic amines) is 1. The summed E-state index contributed by atoms with van der Waals surface area (Å²) < 4.78 is 0. The van der Waals surface area contributed by atoms with Crippen LogP contribution in [0.1, 0.15) is 58.8 Å². The van der Waals surface area contributed by atoms with E-state index in [1.54, 1.807) is 0 Å². The molecule has 3 nitrogen and oxygen atoms in total. The molecular weight excluding hydrogens is 236 g/mol. The second-order valence-electron chi connectivity index (χ2n) is 6.82. The molecule has 1 saturated heterocycles. The fourth-order valence-corrected chi connectivity index (χ4v) is 3.42. The van der Waals surface area contributed by atoms with Crippen molar-refractivity contribution in [3.8, 4) is 0 Å². The Morgan fingerprint density at radius 3 is 2.74 bits per heavy atom. The molecule has 0 aromatic heterocycles. The van der Waals surface area contributed by atoms with Gasteiger partial charge < -0.3 is 15.4 Å². The van der Waals surface area contributed by atoms with Gasteiger partial charge in [-0.05, 0) is 70.8 Å². The van der Waals surface area contributed by atoms with Crippen molar-refractivity contribution in [1.82, 2.24) is 4.90 Å². The molecule has 2 N–H and O–H groups in total. The molecule has 1 atom stereocenters. The predicted molar refractivity (Wildman–Crippen MR) is 79.5 cm³/mol. The quantitative estimate of drug-likeness (QED) is 0.821. The molecule has 0 radical (unpaired) electrons. The van der Waals surface area contributed by atoms with Gasteiger partial charge in [-0.3, -0.25) is 0 Å². The molecular formula is C16H28N2O. The molecule has 108 valence electrons. The van der Waals surface area contributed by atoms with Gasteiger partial charge in [-0.15, -0.1) is 0 Å². The second kappa shape index (κ2) is 6.08. The number of nitrogens with zero attached hydrogens (tertiary/aromatic N) is 1. The maximum atomic E-state index is 9.96. The van der Waals surface area contributed by atoms with E-state index >= 15 is 0 Å². The maximum absolute atomic E-state index is 9.96. The SMILES string of the molecule is CC(C)(O)CC1CCCN(C2=CC(=N)CCC2)CC1. The van der Waals surface area contributed by atoms with Crippen LogP contribution in [0.25, 0.3) is 0 Å². The van der Waals surface area contributed by atoms with Crippen molar-refractivity contribution in [3.63, 3.8) is 0 Å². The third-order valence-corrected chi connectivity index (χ3v) is 4.26. The lowest BCUT2D eigenvalue weighted by Gasteiger charge is -2.29. The highest BCUT2D eigenvalue weighted by atomic mass is 16.3. The normalized spacial score (nSPS) is 26.1. The van der Waals surface area contributed by atoms with Gasteiger partial charge in [0.1, 0.15) is 0 Å². The van der Waals surface area contributed by atoms with Gasteiger partial charge in [-0.25, -0.2) is 0 Å². The lowest BCUT2D eigenvalue weighted by atomic mass is 9.88. The van der Waals surface area contributed by atoms with E-state index in [1.807, 2.05) is 13.8 Å². The van der Waals surface area contributed by atoms with E-state index in [1.165, 1.54) is 25.0 Å². The summed E-state index contributed by atoms with van der Waals surface area (Å²) in [7, 11) is 0. The minimum Gasteiger partial charge on any atom is -0.390 e. The average molecular weight is 264 g/mol. The first-order valence-corrected chi connectivity index (χ1v) is 7.69. The van der Waals surface area contributed by atoms with Crippen LogP contribution in [-0.2, 0) is 0 Å². The molecule has 1 heterocycles. The Hall–Kier alpha value is -0.830. The number of hydrogen-bond donors (Lipinski definition) is 2. The van der Waals surface area contributed by atoms with Crippen LogP contribution in [-0.4, -0.2) is 34.4 Å². The molecule has 3 heteroatoms. The van der Waals surface area contributed by atoms with Gasteiger partial charge in [0.05, 0.1) is 5.60 Å². The van der Waals surface area contributed by atoms with Crippen molar-refractivity contribution in [2.45, 2.75) is 64.4 Å². The van der Waals surface area contributed by atoms with Gasteiger partial charge in [0, 0.05) is 24.5 Å². The van der Waals surface area contributed by atoms with E-state index in [2.05, 4.69) is 11.0 Å². The third kappa shape index (κ3) is 4.64. The number of rotatable bonds is 3. The lowest BCUT2D eigenvalue weighted by Crippen LogP contribution is -2.27. The molecule has 2 aliphatic rings. The highest BCUT2D eigenvalue weighted by Gasteiger charge is 2.24. The van der Waals surface area contributed by atoms with Crippen molar-refractivity contribution in [1.29, 1.82) is 5.41 Å². The zero-order chi connectivity index (χ0) is 13.9. The number of allylic oxidation sites excluding steroid dienone is 2. The summed E-state index contributed by atoms with van der Waals surface area (Å²) in [5.74, 6) is 0.647. The van der Waals surface area contributed by atoms with Crippen LogP contribution in [0.3, 0.4) is 0 Å². The fourth-order valence-electron chi connectivity index (χ4n) is 3.42. The summed E-state index contributed by atoms with van der Waals surface area (Å²) >= 11 is 0. The topological polar surface area (TPSA) is 47.3 Å². The zero-order valence-corrected chi connectivity index (χ0v) is 12.4. The summed E-state index contributed by atoms with van der Waals surface area (Å²) in [5, 5.41) is 17.8. The van der Waals surface area contributed by atoms with Gasteiger partial charge in [0.2, 0.25) is 0 Å². The Morgan fingerprint density at radius 2 is 2.05 bits per heavy atom. The van der Waals surface area contributed by atoms with E-state index in [0.717, 1.165) is 44.5 Å². The average Bonchev–Trinajstić information content (AvgIpc) is 2.52. The van der Waals surface area contributed by atoms with Crippen LogP contribution in [0.4, 0.5) is 0 Å². The highest BCUT2D eigenvalue weighted by Crippen LogP contribution is 2.29.